The molecule has 0 aliphatic rings. The summed E-state index contributed by atoms with van der Waals surface area (Å²) in [7, 11) is 0. The number of hydrogen-bond donors (Lipinski definition) is 2. The average molecular weight is 276 g/mol. The molecule has 4 heteroatoms. The molecule has 0 radical (unpaired) electrons. The number of phenolic OH excluding ortho intramolecular Hbond substituents is 1. The van der Waals surface area contributed by atoms with E-state index < -0.39 is 0 Å². The van der Waals surface area contributed by atoms with Crippen LogP contribution in [0.15, 0.2) is 36.4 Å². The normalized spacial score (nSPS) is 10.3. The van der Waals surface area contributed by atoms with Crippen LogP contribution < -0.4 is 5.32 Å². The molecule has 1 amide bonds. The Balaban J connectivity index is 2.32. The molecule has 98 valence electrons. The molecule has 0 heterocycles. The van der Waals surface area contributed by atoms with Gasteiger partial charge in [0, 0.05) is 11.3 Å². The number of phenols is 1. The zero-order chi connectivity index (χ0) is 14.0. The van der Waals surface area contributed by atoms with Crippen molar-refractivity contribution < 1.29 is 9.90 Å². The maximum Gasteiger partial charge on any atom is 0.255 e. The number of nitrogens with one attached hydrogen (secondary N) is 1. The number of benzene rings is 2. The van der Waals surface area contributed by atoms with E-state index in [2.05, 4.69) is 5.32 Å². The predicted molar refractivity (Wildman–Crippen MR) is 77.0 cm³/mol. The lowest BCUT2D eigenvalue weighted by Gasteiger charge is -2.13. The summed E-state index contributed by atoms with van der Waals surface area (Å²) in [5.74, 6) is -0.151. The molecule has 19 heavy (non-hydrogen) atoms. The molecule has 0 aliphatic heterocycles. The second-order valence-electron chi connectivity index (χ2n) is 4.32. The minimum absolute atomic E-state index is 0.0527. The Bertz CT molecular complexity index is 624. The minimum Gasteiger partial charge on any atom is -0.506 e. The molecular weight excluding hydrogens is 262 g/mol. The summed E-state index contributed by atoms with van der Waals surface area (Å²) >= 11 is 5.92. The van der Waals surface area contributed by atoms with Gasteiger partial charge in [0.05, 0.1) is 5.02 Å². The van der Waals surface area contributed by atoms with Gasteiger partial charge in [-0.25, -0.2) is 0 Å². The molecule has 2 aromatic rings. The van der Waals surface area contributed by atoms with E-state index in [1.54, 1.807) is 37.3 Å². The minimum atomic E-state index is -0.204. The van der Waals surface area contributed by atoms with Crippen LogP contribution in [0.2, 0.25) is 5.02 Å². The Kier molecular flexibility index (Phi) is 3.76. The van der Waals surface area contributed by atoms with Crippen molar-refractivity contribution in [2.45, 2.75) is 13.8 Å². The second kappa shape index (κ2) is 5.33. The van der Waals surface area contributed by atoms with Crippen LogP contribution in [0.5, 0.6) is 5.75 Å². The lowest BCUT2D eigenvalue weighted by molar-refractivity contribution is 0.102. The van der Waals surface area contributed by atoms with E-state index >= 15 is 0 Å². The third kappa shape index (κ3) is 2.71. The highest BCUT2D eigenvalue weighted by atomic mass is 35.5. The van der Waals surface area contributed by atoms with E-state index in [4.69, 9.17) is 11.6 Å². The van der Waals surface area contributed by atoms with Crippen molar-refractivity contribution in [1.82, 2.24) is 0 Å². The molecule has 3 nitrogen and oxygen atoms in total. The fourth-order valence-electron chi connectivity index (χ4n) is 1.78. The van der Waals surface area contributed by atoms with Gasteiger partial charge >= 0.3 is 0 Å². The van der Waals surface area contributed by atoms with E-state index in [9.17, 15) is 9.90 Å². The van der Waals surface area contributed by atoms with Crippen LogP contribution in [0.3, 0.4) is 0 Å². The fraction of sp³-hybridized carbons (Fsp3) is 0.133. The van der Waals surface area contributed by atoms with E-state index in [-0.39, 0.29) is 16.7 Å². The second-order valence-corrected chi connectivity index (χ2v) is 4.73. The van der Waals surface area contributed by atoms with Crippen molar-refractivity contribution >= 4 is 23.2 Å². The smallest absolute Gasteiger partial charge is 0.255 e. The molecule has 0 aromatic heterocycles. The molecule has 0 aliphatic carbocycles. The Hall–Kier alpha value is -2.00. The number of aromatic hydroxyl groups is 1. The molecular formula is C15H14ClNO2. The quantitative estimate of drug-likeness (QED) is 0.816. The first-order chi connectivity index (χ1) is 9.00. The highest BCUT2D eigenvalue weighted by molar-refractivity contribution is 6.32. The number of rotatable bonds is 2. The molecule has 0 unspecified atom stereocenters. The van der Waals surface area contributed by atoms with Crippen molar-refractivity contribution in [3.05, 3.63) is 58.1 Å². The molecule has 2 aromatic carbocycles. The van der Waals surface area contributed by atoms with Gasteiger partial charge in [-0.15, -0.1) is 0 Å². The molecule has 0 bridgehead atoms. The Labute approximate surface area is 116 Å². The van der Waals surface area contributed by atoms with Gasteiger partial charge in [-0.3, -0.25) is 4.79 Å². The maximum absolute atomic E-state index is 12.1. The van der Waals surface area contributed by atoms with Crippen molar-refractivity contribution in [1.29, 1.82) is 0 Å². The molecule has 0 saturated carbocycles. The number of anilines is 1. The van der Waals surface area contributed by atoms with Gasteiger partial charge in [0.2, 0.25) is 0 Å². The third-order valence-corrected chi connectivity index (χ3v) is 3.39. The number of carbonyl (C=O) groups is 1. The van der Waals surface area contributed by atoms with E-state index in [0.29, 0.717) is 16.8 Å². The van der Waals surface area contributed by atoms with Gasteiger partial charge in [0.1, 0.15) is 5.75 Å². The molecule has 2 rings (SSSR count). The number of hydrogen-bond acceptors (Lipinski definition) is 2. The maximum atomic E-state index is 12.1. The van der Waals surface area contributed by atoms with E-state index in [0.717, 1.165) is 5.56 Å². The zero-order valence-corrected chi connectivity index (χ0v) is 11.5. The first kappa shape index (κ1) is 13.4. The zero-order valence-electron chi connectivity index (χ0n) is 10.7. The Morgan fingerprint density at radius 2 is 1.79 bits per heavy atom. The van der Waals surface area contributed by atoms with Crippen molar-refractivity contribution in [3.63, 3.8) is 0 Å². The summed E-state index contributed by atoms with van der Waals surface area (Å²) in [6.07, 6.45) is 0. The van der Waals surface area contributed by atoms with Gasteiger partial charge in [-0.05, 0) is 43.2 Å². The molecule has 0 fully saturated rings. The SMILES string of the molecule is Cc1c(NC(=O)c2ccccc2)cc(Cl)c(O)c1C. The van der Waals surface area contributed by atoms with E-state index in [1.807, 2.05) is 13.0 Å². The summed E-state index contributed by atoms with van der Waals surface area (Å²) < 4.78 is 0. The third-order valence-electron chi connectivity index (χ3n) is 3.10. The summed E-state index contributed by atoms with van der Waals surface area (Å²) in [6.45, 7) is 3.58. The van der Waals surface area contributed by atoms with Gasteiger partial charge < -0.3 is 10.4 Å². The Morgan fingerprint density at radius 1 is 1.16 bits per heavy atom. The molecule has 0 atom stereocenters. The molecule has 2 N–H and O–H groups in total. The number of carbonyl (C=O) groups excluding carboxylic acids is 1. The van der Waals surface area contributed by atoms with Crippen molar-refractivity contribution in [2.24, 2.45) is 0 Å². The topological polar surface area (TPSA) is 49.3 Å². The standard InChI is InChI=1S/C15H14ClNO2/c1-9-10(2)14(18)12(16)8-13(9)17-15(19)11-6-4-3-5-7-11/h3-8,18H,1-2H3,(H,17,19). The summed E-state index contributed by atoms with van der Waals surface area (Å²) in [4.78, 5) is 12.1. The average Bonchev–Trinajstić information content (AvgIpc) is 2.43. The lowest BCUT2D eigenvalue weighted by atomic mass is 10.1. The first-order valence-corrected chi connectivity index (χ1v) is 6.23. The van der Waals surface area contributed by atoms with Crippen LogP contribution in [0.1, 0.15) is 21.5 Å². The number of halogens is 1. The molecule has 0 saturated heterocycles. The first-order valence-electron chi connectivity index (χ1n) is 5.85. The van der Waals surface area contributed by atoms with Crippen LogP contribution in [0.25, 0.3) is 0 Å². The largest absolute Gasteiger partial charge is 0.506 e. The monoisotopic (exact) mass is 275 g/mol. The van der Waals surface area contributed by atoms with Crippen LogP contribution in [0, 0.1) is 13.8 Å². The fourth-order valence-corrected chi connectivity index (χ4v) is 2.03. The van der Waals surface area contributed by atoms with Crippen LogP contribution in [-0.2, 0) is 0 Å². The van der Waals surface area contributed by atoms with Crippen LogP contribution in [0.4, 0.5) is 5.69 Å². The number of amides is 1. The summed E-state index contributed by atoms with van der Waals surface area (Å²) in [5.41, 5.74) is 2.64. The lowest BCUT2D eigenvalue weighted by Crippen LogP contribution is -2.13. The van der Waals surface area contributed by atoms with Crippen LogP contribution in [-0.4, -0.2) is 11.0 Å². The predicted octanol–water partition coefficient (Wildman–Crippen LogP) is 3.91. The van der Waals surface area contributed by atoms with Crippen molar-refractivity contribution in [2.75, 3.05) is 5.32 Å². The van der Waals surface area contributed by atoms with Gasteiger partial charge in [-0.2, -0.15) is 0 Å². The highest BCUT2D eigenvalue weighted by Crippen LogP contribution is 2.34. The van der Waals surface area contributed by atoms with Crippen LogP contribution >= 0.6 is 11.6 Å². The van der Waals surface area contributed by atoms with Crippen molar-refractivity contribution in [3.8, 4) is 5.75 Å². The van der Waals surface area contributed by atoms with E-state index in [1.165, 1.54) is 0 Å². The summed E-state index contributed by atoms with van der Waals surface area (Å²) in [6, 6.07) is 10.5. The van der Waals surface area contributed by atoms with Gasteiger partial charge in [-0.1, -0.05) is 29.8 Å². The van der Waals surface area contributed by atoms with Gasteiger partial charge in [0.25, 0.3) is 5.91 Å². The highest BCUT2D eigenvalue weighted by Gasteiger charge is 2.13. The summed E-state index contributed by atoms with van der Waals surface area (Å²) in [5, 5.41) is 12.7. The Morgan fingerprint density at radius 3 is 2.42 bits per heavy atom. The molecule has 0 spiro atoms. The van der Waals surface area contributed by atoms with Gasteiger partial charge in [0.15, 0.2) is 0 Å².